The first-order valence-corrected chi connectivity index (χ1v) is 16.3. The van der Waals surface area contributed by atoms with E-state index in [2.05, 4.69) is 87.6 Å². The summed E-state index contributed by atoms with van der Waals surface area (Å²) in [6.45, 7) is 21.7. The Bertz CT molecular complexity index is 1050. The molecular formula is C28H45N3O3Si. The molecule has 35 heavy (non-hydrogen) atoms. The maximum Gasteiger partial charge on any atom is 0.268 e. The Kier molecular flexibility index (Phi) is 7.42. The van der Waals surface area contributed by atoms with Crippen LogP contribution in [0.15, 0.2) is 24.3 Å². The molecule has 0 radical (unpaired) electrons. The Morgan fingerprint density at radius 3 is 2.43 bits per heavy atom. The van der Waals surface area contributed by atoms with Crippen LogP contribution in [0.5, 0.6) is 5.75 Å². The predicted octanol–water partition coefficient (Wildman–Crippen LogP) is 5.84. The second-order valence-corrected chi connectivity index (χ2v) is 16.7. The van der Waals surface area contributed by atoms with Crippen molar-refractivity contribution in [1.29, 1.82) is 0 Å². The number of likely N-dealkylation sites (tertiary alicyclic amines) is 1. The number of hydrogen-bond donors (Lipinski definition) is 1. The summed E-state index contributed by atoms with van der Waals surface area (Å²) in [6.07, 6.45) is 2.36. The first-order chi connectivity index (χ1) is 16.4. The number of hydrogen-bond acceptors (Lipinski definition) is 4. The van der Waals surface area contributed by atoms with Crippen molar-refractivity contribution in [3.05, 3.63) is 30.0 Å². The van der Waals surface area contributed by atoms with Crippen LogP contribution in [0.1, 0.15) is 70.9 Å². The summed E-state index contributed by atoms with van der Waals surface area (Å²) in [6, 6.07) is 8.96. The van der Waals surface area contributed by atoms with Gasteiger partial charge >= 0.3 is 0 Å². The number of fused-ring (bicyclic) bond motifs is 3. The minimum Gasteiger partial charge on any atom is -0.490 e. The number of carbonyl (C=O) groups is 1. The zero-order valence-corrected chi connectivity index (χ0v) is 24.0. The van der Waals surface area contributed by atoms with Gasteiger partial charge in [0, 0.05) is 36.6 Å². The van der Waals surface area contributed by atoms with Gasteiger partial charge in [0.25, 0.3) is 5.91 Å². The topological polar surface area (TPSA) is 55.7 Å². The second kappa shape index (κ2) is 9.90. The van der Waals surface area contributed by atoms with E-state index in [1.54, 1.807) is 0 Å². The number of benzene rings is 1. The average molecular weight is 500 g/mol. The van der Waals surface area contributed by atoms with Crippen LogP contribution in [0.2, 0.25) is 18.1 Å². The van der Waals surface area contributed by atoms with Gasteiger partial charge in [-0.3, -0.25) is 4.79 Å². The molecule has 1 amide bonds. The maximum atomic E-state index is 12.7. The molecule has 1 aromatic heterocycles. The normalized spacial score (nSPS) is 20.5. The molecule has 0 bridgehead atoms. The van der Waals surface area contributed by atoms with Crippen molar-refractivity contribution in [1.82, 2.24) is 14.8 Å². The van der Waals surface area contributed by atoms with E-state index < -0.39 is 8.32 Å². The zero-order chi connectivity index (χ0) is 25.5. The molecule has 1 aromatic carbocycles. The van der Waals surface area contributed by atoms with Crippen molar-refractivity contribution in [3.63, 3.8) is 0 Å². The third kappa shape index (κ3) is 5.18. The van der Waals surface area contributed by atoms with E-state index in [9.17, 15) is 4.79 Å². The molecule has 1 fully saturated rings. The van der Waals surface area contributed by atoms with Crippen LogP contribution in [0, 0.1) is 5.92 Å². The third-order valence-electron chi connectivity index (χ3n) is 9.05. The first-order valence-electron chi connectivity index (χ1n) is 13.4. The van der Waals surface area contributed by atoms with Crippen molar-refractivity contribution in [2.45, 2.75) is 90.7 Å². The first kappa shape index (κ1) is 26.2. The van der Waals surface area contributed by atoms with Gasteiger partial charge in [-0.15, -0.1) is 0 Å². The van der Waals surface area contributed by atoms with Crippen molar-refractivity contribution >= 4 is 25.1 Å². The molecule has 194 valence electrons. The predicted molar refractivity (Wildman–Crippen MR) is 146 cm³/mol. The van der Waals surface area contributed by atoms with Crippen molar-refractivity contribution in [2.24, 2.45) is 5.92 Å². The standard InChI is InChI=1S/C28H45N3O3Si/c1-19(2)28(5,6)35(7,8)33-18-22-17-29-27(32)26-16-21-15-24(9-10-25(21)31(22)26)34-23-11-13-30(14-12-23)20(3)4/h9-10,15-16,19-20,22-23H,11-14,17-18H2,1-8H3,(H,29,32)/t22-/m0/s1. The quantitative estimate of drug-likeness (QED) is 0.464. The summed E-state index contributed by atoms with van der Waals surface area (Å²) in [5, 5.41) is 4.29. The molecule has 0 aliphatic carbocycles. The number of carbonyl (C=O) groups excluding carboxylic acids is 1. The van der Waals surface area contributed by atoms with Crippen LogP contribution in [0.3, 0.4) is 0 Å². The van der Waals surface area contributed by atoms with E-state index in [-0.39, 0.29) is 23.1 Å². The average Bonchev–Trinajstić information content (AvgIpc) is 3.18. The molecule has 1 N–H and O–H groups in total. The lowest BCUT2D eigenvalue weighted by atomic mass is 9.99. The summed E-state index contributed by atoms with van der Waals surface area (Å²) in [7, 11) is -1.96. The summed E-state index contributed by atoms with van der Waals surface area (Å²) in [5.74, 6) is 1.43. The Balaban J connectivity index is 1.52. The molecule has 1 atom stereocenters. The summed E-state index contributed by atoms with van der Waals surface area (Å²) >= 11 is 0. The summed E-state index contributed by atoms with van der Waals surface area (Å²) < 4.78 is 15.3. The van der Waals surface area contributed by atoms with Crippen molar-refractivity contribution in [2.75, 3.05) is 26.2 Å². The molecule has 2 aromatic rings. The van der Waals surface area contributed by atoms with E-state index in [0.29, 0.717) is 30.8 Å². The zero-order valence-electron chi connectivity index (χ0n) is 23.0. The number of ether oxygens (including phenoxy) is 1. The van der Waals surface area contributed by atoms with Crippen LogP contribution in [0.25, 0.3) is 10.9 Å². The monoisotopic (exact) mass is 499 g/mol. The fourth-order valence-electron chi connectivity index (χ4n) is 5.27. The lowest BCUT2D eigenvalue weighted by molar-refractivity contribution is 0.0844. The van der Waals surface area contributed by atoms with Gasteiger partial charge in [0.2, 0.25) is 0 Å². The van der Waals surface area contributed by atoms with Gasteiger partial charge in [-0.05, 0) is 75.0 Å². The highest BCUT2D eigenvalue weighted by atomic mass is 28.4. The van der Waals surface area contributed by atoms with Gasteiger partial charge < -0.3 is 23.9 Å². The Hall–Kier alpha value is -1.83. The molecular weight excluding hydrogens is 454 g/mol. The Morgan fingerprint density at radius 1 is 1.11 bits per heavy atom. The van der Waals surface area contributed by atoms with E-state index in [1.807, 2.05) is 6.07 Å². The molecule has 6 nitrogen and oxygen atoms in total. The highest BCUT2D eigenvalue weighted by Crippen LogP contribution is 2.45. The molecule has 3 heterocycles. The summed E-state index contributed by atoms with van der Waals surface area (Å²) in [5.41, 5.74) is 1.79. The van der Waals surface area contributed by atoms with Gasteiger partial charge in [0.15, 0.2) is 8.32 Å². The van der Waals surface area contributed by atoms with Gasteiger partial charge in [-0.2, -0.15) is 0 Å². The highest BCUT2D eigenvalue weighted by molar-refractivity contribution is 6.74. The molecule has 0 spiro atoms. The van der Waals surface area contributed by atoms with E-state index >= 15 is 0 Å². The van der Waals surface area contributed by atoms with E-state index in [1.165, 1.54) is 0 Å². The molecule has 1 saturated heterocycles. The minimum atomic E-state index is -1.96. The number of piperidine rings is 1. The van der Waals surface area contributed by atoms with Crippen LogP contribution in [0.4, 0.5) is 0 Å². The van der Waals surface area contributed by atoms with Gasteiger partial charge in [-0.1, -0.05) is 27.7 Å². The fourth-order valence-corrected chi connectivity index (χ4v) is 7.64. The van der Waals surface area contributed by atoms with E-state index in [4.69, 9.17) is 9.16 Å². The Labute approximate surface area is 212 Å². The largest absolute Gasteiger partial charge is 0.490 e. The van der Waals surface area contributed by atoms with Gasteiger partial charge in [0.1, 0.15) is 17.5 Å². The Morgan fingerprint density at radius 2 is 1.80 bits per heavy atom. The van der Waals surface area contributed by atoms with Gasteiger partial charge in [-0.25, -0.2) is 0 Å². The molecule has 0 saturated carbocycles. The van der Waals surface area contributed by atoms with Crippen LogP contribution in [-0.2, 0) is 4.43 Å². The lowest BCUT2D eigenvalue weighted by Gasteiger charge is -2.43. The van der Waals surface area contributed by atoms with Crippen LogP contribution < -0.4 is 10.1 Å². The second-order valence-electron chi connectivity index (χ2n) is 12.1. The third-order valence-corrected chi connectivity index (χ3v) is 13.6. The number of amides is 1. The van der Waals surface area contributed by atoms with Crippen LogP contribution >= 0.6 is 0 Å². The molecule has 7 heteroatoms. The highest BCUT2D eigenvalue weighted by Gasteiger charge is 2.44. The molecule has 2 aliphatic rings. The molecule has 0 unspecified atom stereocenters. The van der Waals surface area contributed by atoms with Gasteiger partial charge in [0.05, 0.1) is 12.6 Å². The van der Waals surface area contributed by atoms with Crippen molar-refractivity contribution in [3.8, 4) is 5.75 Å². The number of nitrogens with zero attached hydrogens (tertiary/aromatic N) is 2. The molecule has 4 rings (SSSR count). The summed E-state index contributed by atoms with van der Waals surface area (Å²) in [4.78, 5) is 15.3. The number of aromatic nitrogens is 1. The fraction of sp³-hybridized carbons (Fsp3) is 0.679. The van der Waals surface area contributed by atoms with Crippen molar-refractivity contribution < 1.29 is 14.0 Å². The maximum absolute atomic E-state index is 12.7. The van der Waals surface area contributed by atoms with Crippen LogP contribution in [-0.4, -0.2) is 62.1 Å². The number of nitrogens with one attached hydrogen (secondary N) is 1. The minimum absolute atomic E-state index is 0.0139. The molecule has 2 aliphatic heterocycles. The smallest absolute Gasteiger partial charge is 0.268 e. The lowest BCUT2D eigenvalue weighted by Crippen LogP contribution is -2.48. The number of rotatable bonds is 8. The van der Waals surface area contributed by atoms with E-state index in [0.717, 1.165) is 42.6 Å². The SMILES string of the molecule is CC(C)N1CCC(Oc2ccc3c(c2)cc2n3[C@H](CO[Si](C)(C)C(C)(C)C(C)C)CNC2=O)CC1.